The van der Waals surface area contributed by atoms with Crippen LogP contribution in [0.5, 0.6) is 5.75 Å². The molecule has 3 nitrogen and oxygen atoms in total. The number of carbonyl (C=O) groups is 1. The van der Waals surface area contributed by atoms with Gasteiger partial charge in [-0.05, 0) is 12.1 Å². The molecule has 0 bridgehead atoms. The quantitative estimate of drug-likeness (QED) is 0.852. The lowest BCUT2D eigenvalue weighted by molar-refractivity contribution is 0.0692. The van der Waals surface area contributed by atoms with Crippen LogP contribution in [0, 0.1) is 5.82 Å². The number of ether oxygens (including phenoxy) is 1. The van der Waals surface area contributed by atoms with Crippen LogP contribution < -0.4 is 4.74 Å². The Morgan fingerprint density at radius 3 is 2.71 bits per heavy atom. The Bertz CT molecular complexity index is 365. The molecule has 0 radical (unpaired) electrons. The molecule has 0 aliphatic heterocycles. The lowest BCUT2D eigenvalue weighted by atomic mass is 10.1. The lowest BCUT2D eigenvalue weighted by Crippen LogP contribution is -2.03. The highest BCUT2D eigenvalue weighted by Crippen LogP contribution is 2.24. The highest BCUT2D eigenvalue weighted by atomic mass is 79.9. The highest BCUT2D eigenvalue weighted by Gasteiger charge is 2.14. The zero-order valence-electron chi connectivity index (χ0n) is 7.38. The third kappa shape index (κ3) is 2.04. The lowest BCUT2D eigenvalue weighted by Gasteiger charge is -2.07. The van der Waals surface area contributed by atoms with E-state index in [2.05, 4.69) is 15.9 Å². The summed E-state index contributed by atoms with van der Waals surface area (Å²) >= 11 is 3.09. The molecule has 1 aromatic rings. The standard InChI is InChI=1S/C9H8BrFO3/c1-14-8-2-5(4-10)7(11)3-6(8)9(12)13/h2-3H,4H2,1H3,(H,12,13). The summed E-state index contributed by atoms with van der Waals surface area (Å²) in [5, 5.41) is 9.04. The number of halogens is 2. The summed E-state index contributed by atoms with van der Waals surface area (Å²) in [5.41, 5.74) is 0.196. The second kappa shape index (κ2) is 4.41. The maximum absolute atomic E-state index is 13.2. The van der Waals surface area contributed by atoms with Crippen molar-refractivity contribution in [1.29, 1.82) is 0 Å². The van der Waals surface area contributed by atoms with Crippen molar-refractivity contribution in [3.05, 3.63) is 29.1 Å². The fourth-order valence-corrected chi connectivity index (χ4v) is 1.46. The maximum Gasteiger partial charge on any atom is 0.339 e. The Balaban J connectivity index is 3.31. The van der Waals surface area contributed by atoms with Crippen molar-refractivity contribution in [2.45, 2.75) is 5.33 Å². The van der Waals surface area contributed by atoms with E-state index in [1.165, 1.54) is 13.2 Å². The average molecular weight is 263 g/mol. The highest BCUT2D eigenvalue weighted by molar-refractivity contribution is 9.08. The Morgan fingerprint density at radius 2 is 2.29 bits per heavy atom. The zero-order chi connectivity index (χ0) is 10.7. The molecule has 0 aliphatic rings. The summed E-state index contributed by atoms with van der Waals surface area (Å²) in [7, 11) is 1.34. The smallest absolute Gasteiger partial charge is 0.339 e. The van der Waals surface area contributed by atoms with Crippen LogP contribution in [0.25, 0.3) is 0 Å². The molecule has 76 valence electrons. The minimum absolute atomic E-state index is 0.161. The number of carboxylic acid groups (broad SMARTS) is 1. The van der Waals surface area contributed by atoms with Gasteiger partial charge in [0.15, 0.2) is 0 Å². The first-order valence-electron chi connectivity index (χ1n) is 3.75. The van der Waals surface area contributed by atoms with Gasteiger partial charge in [-0.25, -0.2) is 9.18 Å². The molecule has 0 amide bonds. The van der Waals surface area contributed by atoms with Gasteiger partial charge in [0.1, 0.15) is 17.1 Å². The molecule has 1 N–H and O–H groups in total. The third-order valence-electron chi connectivity index (χ3n) is 1.74. The fourth-order valence-electron chi connectivity index (χ4n) is 1.03. The van der Waals surface area contributed by atoms with Crippen LogP contribution in [0.1, 0.15) is 15.9 Å². The Kier molecular flexibility index (Phi) is 3.46. The van der Waals surface area contributed by atoms with Crippen LogP contribution in [0.15, 0.2) is 12.1 Å². The van der Waals surface area contributed by atoms with E-state index in [0.29, 0.717) is 10.9 Å². The number of carboxylic acids is 1. The zero-order valence-corrected chi connectivity index (χ0v) is 8.97. The van der Waals surface area contributed by atoms with Crippen LogP contribution in [0.4, 0.5) is 4.39 Å². The van der Waals surface area contributed by atoms with Crippen LogP contribution in [0.2, 0.25) is 0 Å². The molecular weight excluding hydrogens is 255 g/mol. The second-order valence-corrected chi connectivity index (χ2v) is 3.14. The Morgan fingerprint density at radius 1 is 1.64 bits per heavy atom. The predicted molar refractivity (Wildman–Crippen MR) is 52.5 cm³/mol. The molecule has 0 saturated carbocycles. The van der Waals surface area contributed by atoms with E-state index in [1.54, 1.807) is 0 Å². The molecule has 1 rings (SSSR count). The number of hydrogen-bond donors (Lipinski definition) is 1. The van der Waals surface area contributed by atoms with Gasteiger partial charge in [-0.2, -0.15) is 0 Å². The van der Waals surface area contributed by atoms with Crippen molar-refractivity contribution in [2.24, 2.45) is 0 Å². The molecule has 0 heterocycles. The molecule has 1 aromatic carbocycles. The molecule has 14 heavy (non-hydrogen) atoms. The predicted octanol–water partition coefficient (Wildman–Crippen LogP) is 2.43. The van der Waals surface area contributed by atoms with Crippen molar-refractivity contribution in [3.8, 4) is 5.75 Å². The van der Waals surface area contributed by atoms with E-state index in [9.17, 15) is 9.18 Å². The molecule has 0 aliphatic carbocycles. The molecule has 0 fully saturated rings. The van der Waals surface area contributed by atoms with E-state index in [0.717, 1.165) is 6.07 Å². The first kappa shape index (κ1) is 11.0. The summed E-state index contributed by atoms with van der Waals surface area (Å²) in [6.07, 6.45) is 0. The van der Waals surface area contributed by atoms with Crippen molar-refractivity contribution in [3.63, 3.8) is 0 Å². The van der Waals surface area contributed by atoms with E-state index < -0.39 is 11.8 Å². The first-order chi connectivity index (χ1) is 6.60. The second-order valence-electron chi connectivity index (χ2n) is 2.58. The van der Waals surface area contributed by atoms with Crippen molar-refractivity contribution >= 4 is 21.9 Å². The maximum atomic E-state index is 13.2. The summed E-state index contributed by atoms with van der Waals surface area (Å²) in [4.78, 5) is 10.7. The molecular formula is C9H8BrFO3. The number of benzene rings is 1. The van der Waals surface area contributed by atoms with Gasteiger partial charge >= 0.3 is 5.97 Å². The van der Waals surface area contributed by atoms with Gasteiger partial charge in [-0.15, -0.1) is 0 Å². The van der Waals surface area contributed by atoms with E-state index >= 15 is 0 Å². The Labute approximate surface area is 88.6 Å². The number of aromatic carboxylic acids is 1. The normalized spacial score (nSPS) is 9.93. The summed E-state index contributed by atoms with van der Waals surface area (Å²) in [6, 6.07) is 2.32. The molecule has 0 saturated heterocycles. The van der Waals surface area contributed by atoms with Crippen LogP contribution >= 0.6 is 15.9 Å². The number of rotatable bonds is 3. The molecule has 0 unspecified atom stereocenters. The third-order valence-corrected chi connectivity index (χ3v) is 2.35. The van der Waals surface area contributed by atoms with Gasteiger partial charge in [0.25, 0.3) is 0 Å². The van der Waals surface area contributed by atoms with Crippen LogP contribution in [-0.2, 0) is 5.33 Å². The Hall–Kier alpha value is -1.10. The van der Waals surface area contributed by atoms with Crippen molar-refractivity contribution in [2.75, 3.05) is 7.11 Å². The average Bonchev–Trinajstić information content (AvgIpc) is 2.17. The number of methoxy groups -OCH3 is 1. The van der Waals surface area contributed by atoms with Gasteiger partial charge in [0, 0.05) is 10.9 Å². The van der Waals surface area contributed by atoms with Crippen LogP contribution in [0.3, 0.4) is 0 Å². The topological polar surface area (TPSA) is 46.5 Å². The monoisotopic (exact) mass is 262 g/mol. The van der Waals surface area contributed by atoms with Gasteiger partial charge in [-0.1, -0.05) is 15.9 Å². The first-order valence-corrected chi connectivity index (χ1v) is 4.88. The van der Waals surface area contributed by atoms with E-state index in [-0.39, 0.29) is 11.3 Å². The molecule has 0 atom stereocenters. The van der Waals surface area contributed by atoms with Gasteiger partial charge in [0.05, 0.1) is 7.11 Å². The summed E-state index contributed by atoms with van der Waals surface area (Å²) in [5.74, 6) is -1.60. The van der Waals surface area contributed by atoms with Gasteiger partial charge in [0.2, 0.25) is 0 Å². The number of hydrogen-bond acceptors (Lipinski definition) is 2. The minimum Gasteiger partial charge on any atom is -0.496 e. The molecule has 0 spiro atoms. The van der Waals surface area contributed by atoms with E-state index in [4.69, 9.17) is 9.84 Å². The molecule has 5 heteroatoms. The van der Waals surface area contributed by atoms with E-state index in [1.807, 2.05) is 0 Å². The fraction of sp³-hybridized carbons (Fsp3) is 0.222. The van der Waals surface area contributed by atoms with Crippen molar-refractivity contribution in [1.82, 2.24) is 0 Å². The summed E-state index contributed by atoms with van der Waals surface area (Å²) in [6.45, 7) is 0. The van der Waals surface area contributed by atoms with Crippen molar-refractivity contribution < 1.29 is 19.0 Å². The van der Waals surface area contributed by atoms with Gasteiger partial charge < -0.3 is 9.84 Å². The largest absolute Gasteiger partial charge is 0.496 e. The minimum atomic E-state index is -1.21. The SMILES string of the molecule is COc1cc(CBr)c(F)cc1C(=O)O. The summed E-state index contributed by atoms with van der Waals surface area (Å²) < 4.78 is 18.0. The van der Waals surface area contributed by atoms with Crippen LogP contribution in [-0.4, -0.2) is 18.2 Å². The molecule has 0 aromatic heterocycles. The number of alkyl halides is 1. The van der Waals surface area contributed by atoms with Gasteiger partial charge in [-0.3, -0.25) is 0 Å².